The number of aromatic nitrogens is 3. The topological polar surface area (TPSA) is 41.6 Å². The number of halogens is 1. The summed E-state index contributed by atoms with van der Waals surface area (Å²) >= 11 is 0. The molecule has 0 aliphatic carbocycles. The maximum Gasteiger partial charge on any atom is 0.177 e. The molecule has 0 aromatic carbocycles. The van der Waals surface area contributed by atoms with Gasteiger partial charge in [0.25, 0.3) is 0 Å². The van der Waals surface area contributed by atoms with Gasteiger partial charge in [-0.2, -0.15) is 0 Å². The number of aromatic amines is 1. The lowest BCUT2D eigenvalue weighted by Crippen LogP contribution is -3.00. The van der Waals surface area contributed by atoms with Gasteiger partial charge in [0, 0.05) is 13.5 Å². The highest BCUT2D eigenvalue weighted by Crippen LogP contribution is 2.71. The molecular formula is C21H37ClN3P. The Kier molecular flexibility index (Phi) is 10.7. The van der Waals surface area contributed by atoms with Crippen molar-refractivity contribution in [1.82, 2.24) is 15.0 Å². The van der Waals surface area contributed by atoms with Gasteiger partial charge >= 0.3 is 0 Å². The number of hydrogen-bond donors (Lipinski definition) is 1. The van der Waals surface area contributed by atoms with E-state index in [1.54, 1.807) is 0 Å². The van der Waals surface area contributed by atoms with E-state index < -0.39 is 7.26 Å². The van der Waals surface area contributed by atoms with Crippen molar-refractivity contribution in [3.05, 3.63) is 24.2 Å². The molecule has 1 unspecified atom stereocenters. The van der Waals surface area contributed by atoms with E-state index in [2.05, 4.69) is 43.7 Å². The number of imidazole rings is 1. The third-order valence-corrected chi connectivity index (χ3v) is 11.1. The Balaban J connectivity index is 0.00000338. The van der Waals surface area contributed by atoms with Crippen molar-refractivity contribution < 1.29 is 12.4 Å². The third kappa shape index (κ3) is 5.67. The molecule has 2 aromatic heterocycles. The van der Waals surface area contributed by atoms with Crippen molar-refractivity contribution in [1.29, 1.82) is 0 Å². The molecular weight excluding hydrogens is 361 g/mol. The second-order valence-corrected chi connectivity index (χ2v) is 11.8. The molecule has 2 aromatic rings. The first-order chi connectivity index (χ1) is 12.2. The normalized spacial score (nSPS) is 12.9. The summed E-state index contributed by atoms with van der Waals surface area (Å²) in [6.45, 7) is 9.37. The predicted octanol–water partition coefficient (Wildman–Crippen LogP) is 3.83. The van der Waals surface area contributed by atoms with Gasteiger partial charge in [-0.1, -0.05) is 47.0 Å². The Hall–Kier alpha value is -0.660. The molecule has 148 valence electrons. The van der Waals surface area contributed by atoms with Gasteiger partial charge in [-0.3, -0.25) is 0 Å². The third-order valence-electron chi connectivity index (χ3n) is 5.51. The molecule has 3 nitrogen and oxygen atoms in total. The first-order valence-corrected chi connectivity index (χ1v) is 12.8. The fourth-order valence-electron chi connectivity index (χ4n) is 4.08. The van der Waals surface area contributed by atoms with E-state index >= 15 is 0 Å². The molecule has 0 spiro atoms. The summed E-state index contributed by atoms with van der Waals surface area (Å²) in [6.07, 6.45) is 15.4. The summed E-state index contributed by atoms with van der Waals surface area (Å²) in [5, 5.41) is 0. The Morgan fingerprint density at radius 2 is 1.54 bits per heavy atom. The van der Waals surface area contributed by atoms with Crippen LogP contribution in [0.4, 0.5) is 0 Å². The molecule has 1 atom stereocenters. The Morgan fingerprint density at radius 1 is 0.962 bits per heavy atom. The molecule has 0 aliphatic heterocycles. The predicted molar refractivity (Wildman–Crippen MR) is 113 cm³/mol. The fourth-order valence-corrected chi connectivity index (χ4v) is 9.94. The van der Waals surface area contributed by atoms with Gasteiger partial charge in [0.05, 0.1) is 24.0 Å². The molecule has 0 saturated heterocycles. The van der Waals surface area contributed by atoms with Gasteiger partial charge in [0.1, 0.15) is 11.5 Å². The number of nitrogens with zero attached hydrogens (tertiary/aromatic N) is 2. The van der Waals surface area contributed by atoms with Crippen molar-refractivity contribution in [3.8, 4) is 0 Å². The van der Waals surface area contributed by atoms with Crippen molar-refractivity contribution in [2.45, 2.75) is 78.3 Å². The highest BCUT2D eigenvalue weighted by Gasteiger charge is 2.45. The average molecular weight is 398 g/mol. The summed E-state index contributed by atoms with van der Waals surface area (Å²) in [5.41, 5.74) is 2.59. The number of nitrogens with one attached hydrogen (secondary N) is 1. The smallest absolute Gasteiger partial charge is 0.177 e. The Labute approximate surface area is 166 Å². The molecule has 5 heteroatoms. The van der Waals surface area contributed by atoms with Gasteiger partial charge in [-0.25, -0.2) is 9.97 Å². The van der Waals surface area contributed by atoms with E-state index in [9.17, 15) is 0 Å². The van der Waals surface area contributed by atoms with Crippen molar-refractivity contribution >= 4 is 18.4 Å². The second-order valence-electron chi connectivity index (χ2n) is 7.37. The van der Waals surface area contributed by atoms with Crippen LogP contribution in [-0.2, 0) is 0 Å². The molecule has 0 bridgehead atoms. The number of rotatable bonds is 12. The first kappa shape index (κ1) is 23.4. The lowest BCUT2D eigenvalue weighted by Gasteiger charge is -2.34. The monoisotopic (exact) mass is 397 g/mol. The Bertz CT molecular complexity index is 574. The molecule has 2 rings (SSSR count). The van der Waals surface area contributed by atoms with E-state index in [1.165, 1.54) is 69.3 Å². The molecule has 0 amide bonds. The molecule has 0 saturated carbocycles. The summed E-state index contributed by atoms with van der Waals surface area (Å²) in [6, 6.07) is 4.11. The molecule has 0 radical (unpaired) electrons. The minimum absolute atomic E-state index is 0. The summed E-state index contributed by atoms with van der Waals surface area (Å²) in [7, 11) is -1.05. The van der Waals surface area contributed by atoms with Crippen LogP contribution in [0.3, 0.4) is 0 Å². The van der Waals surface area contributed by atoms with Crippen LogP contribution in [-0.4, -0.2) is 33.4 Å². The quantitative estimate of drug-likeness (QED) is 0.553. The van der Waals surface area contributed by atoms with Crippen LogP contribution >= 0.6 is 7.26 Å². The average Bonchev–Trinajstić information content (AvgIpc) is 3.06. The highest BCUT2D eigenvalue weighted by atomic mass is 35.5. The zero-order valence-corrected chi connectivity index (χ0v) is 18.8. The number of H-pyrrole nitrogens is 1. The van der Waals surface area contributed by atoms with Crippen LogP contribution in [0.25, 0.3) is 11.2 Å². The zero-order valence-electron chi connectivity index (χ0n) is 17.1. The number of hydrogen-bond acceptors (Lipinski definition) is 2. The van der Waals surface area contributed by atoms with Crippen LogP contribution in [0, 0.1) is 0 Å². The van der Waals surface area contributed by atoms with Crippen LogP contribution in [0.5, 0.6) is 0 Å². The minimum atomic E-state index is -1.05. The molecule has 26 heavy (non-hydrogen) atoms. The Morgan fingerprint density at radius 3 is 2.00 bits per heavy atom. The van der Waals surface area contributed by atoms with Crippen molar-refractivity contribution in [2.75, 3.05) is 18.5 Å². The standard InChI is InChI=1S/C21H37N3P.ClH/c1-5-9-15-25(16-10-6-2,17-11-7-3)19(8-4)21-23-18-13-12-14-22-20(18)24-21;/h12-14,19H,5-11,15-17H2,1-4H3,(H,22,23,24);1H/q+1;/p-1. The van der Waals surface area contributed by atoms with Gasteiger partial charge in [-0.15, -0.1) is 0 Å². The second kappa shape index (κ2) is 11.9. The van der Waals surface area contributed by atoms with Crippen LogP contribution in [0.1, 0.15) is 84.1 Å². The van der Waals surface area contributed by atoms with E-state index in [-0.39, 0.29) is 12.4 Å². The lowest BCUT2D eigenvalue weighted by atomic mass is 10.3. The largest absolute Gasteiger partial charge is 1.00 e. The van der Waals surface area contributed by atoms with E-state index in [0.717, 1.165) is 11.2 Å². The van der Waals surface area contributed by atoms with Gasteiger partial charge in [0.2, 0.25) is 0 Å². The van der Waals surface area contributed by atoms with Crippen molar-refractivity contribution in [2.24, 2.45) is 0 Å². The van der Waals surface area contributed by atoms with Gasteiger partial charge < -0.3 is 17.4 Å². The zero-order chi connectivity index (χ0) is 18.1. The molecule has 1 N–H and O–H groups in total. The van der Waals surface area contributed by atoms with Crippen LogP contribution in [0.15, 0.2) is 18.3 Å². The SMILES string of the molecule is CCCC[P+](CCCC)(CCCC)C(CC)c1nc2ncccc2[nH]1.[Cl-]. The maximum absolute atomic E-state index is 4.94. The fraction of sp³-hybridized carbons (Fsp3) is 0.714. The highest BCUT2D eigenvalue weighted by molar-refractivity contribution is 7.76. The number of fused-ring (bicyclic) bond motifs is 1. The lowest BCUT2D eigenvalue weighted by molar-refractivity contribution is -0.00000579. The summed E-state index contributed by atoms with van der Waals surface area (Å²) < 4.78 is 0. The van der Waals surface area contributed by atoms with Gasteiger partial charge in [-0.05, 0) is 37.8 Å². The number of pyridine rings is 1. The van der Waals surface area contributed by atoms with Crippen LogP contribution in [0.2, 0.25) is 0 Å². The van der Waals surface area contributed by atoms with Crippen molar-refractivity contribution in [3.63, 3.8) is 0 Å². The molecule has 0 aliphatic rings. The van der Waals surface area contributed by atoms with E-state index in [0.29, 0.717) is 5.66 Å². The molecule has 0 fully saturated rings. The van der Waals surface area contributed by atoms with E-state index in [4.69, 9.17) is 4.98 Å². The van der Waals surface area contributed by atoms with Gasteiger partial charge in [0.15, 0.2) is 5.65 Å². The molecule has 2 heterocycles. The maximum atomic E-state index is 4.94. The number of unbranched alkanes of at least 4 members (excludes halogenated alkanes) is 3. The first-order valence-electron chi connectivity index (χ1n) is 10.4. The summed E-state index contributed by atoms with van der Waals surface area (Å²) in [4.78, 5) is 13.0. The van der Waals surface area contributed by atoms with E-state index in [1.807, 2.05) is 12.3 Å². The summed E-state index contributed by atoms with van der Waals surface area (Å²) in [5.74, 6) is 1.22. The minimum Gasteiger partial charge on any atom is -1.00 e. The van der Waals surface area contributed by atoms with Crippen LogP contribution < -0.4 is 12.4 Å².